The van der Waals surface area contributed by atoms with Gasteiger partial charge in [0.25, 0.3) is 0 Å². The molecule has 6 heteroatoms. The van der Waals surface area contributed by atoms with Gasteiger partial charge in [-0.1, -0.05) is 57.2 Å². The van der Waals surface area contributed by atoms with Gasteiger partial charge in [-0.3, -0.25) is 10.8 Å². The van der Waals surface area contributed by atoms with Gasteiger partial charge in [0.1, 0.15) is 36.4 Å². The first-order valence-corrected chi connectivity index (χ1v) is 10.4. The second kappa shape index (κ2) is 9.56. The van der Waals surface area contributed by atoms with E-state index in [0.29, 0.717) is 35.8 Å². The van der Waals surface area contributed by atoms with E-state index >= 15 is 0 Å². The Hall–Kier alpha value is -3.80. The SMILES string of the molecule is CC(C)(C)c1cc(COc2ccccc2C(=N)N)cc(COc2ccccc2C(=N)N)c1. The van der Waals surface area contributed by atoms with Crippen molar-refractivity contribution >= 4 is 11.7 Å². The van der Waals surface area contributed by atoms with E-state index in [1.54, 1.807) is 12.1 Å². The lowest BCUT2D eigenvalue weighted by Crippen LogP contribution is -2.15. The lowest BCUT2D eigenvalue weighted by molar-refractivity contribution is 0.298. The molecule has 6 N–H and O–H groups in total. The molecule has 6 nitrogen and oxygen atoms in total. The molecular weight excluding hydrogens is 400 g/mol. The second-order valence-electron chi connectivity index (χ2n) is 8.69. The maximum atomic E-state index is 7.75. The first-order chi connectivity index (χ1) is 15.1. The molecule has 0 aliphatic carbocycles. The smallest absolute Gasteiger partial charge is 0.130 e. The summed E-state index contributed by atoms with van der Waals surface area (Å²) < 4.78 is 12.0. The monoisotopic (exact) mass is 430 g/mol. The van der Waals surface area contributed by atoms with E-state index < -0.39 is 0 Å². The molecule has 0 spiro atoms. The number of amidine groups is 2. The molecule has 0 fully saturated rings. The lowest BCUT2D eigenvalue weighted by Gasteiger charge is -2.22. The molecule has 0 aliphatic rings. The van der Waals surface area contributed by atoms with Crippen LogP contribution in [0.1, 0.15) is 48.6 Å². The summed E-state index contributed by atoms with van der Waals surface area (Å²) >= 11 is 0. The second-order valence-corrected chi connectivity index (χ2v) is 8.69. The van der Waals surface area contributed by atoms with Crippen LogP contribution in [0.25, 0.3) is 0 Å². The molecule has 0 amide bonds. The summed E-state index contributed by atoms with van der Waals surface area (Å²) in [6, 6.07) is 20.9. The highest BCUT2D eigenvalue weighted by atomic mass is 16.5. The van der Waals surface area contributed by atoms with Crippen molar-refractivity contribution in [3.8, 4) is 11.5 Å². The molecule has 3 aromatic rings. The van der Waals surface area contributed by atoms with E-state index in [4.69, 9.17) is 31.8 Å². The molecule has 32 heavy (non-hydrogen) atoms. The first kappa shape index (κ1) is 22.9. The summed E-state index contributed by atoms with van der Waals surface area (Å²) in [5, 5.41) is 15.5. The Labute approximate surface area is 189 Å². The number of nitrogens with two attached hydrogens (primary N) is 2. The highest BCUT2D eigenvalue weighted by Crippen LogP contribution is 2.27. The number of ether oxygens (including phenoxy) is 2. The minimum atomic E-state index is -0.0562. The molecule has 0 saturated carbocycles. The van der Waals surface area contributed by atoms with Crippen LogP contribution in [0.5, 0.6) is 11.5 Å². The third-order valence-electron chi connectivity index (χ3n) is 5.06. The number of hydrogen-bond donors (Lipinski definition) is 4. The number of benzene rings is 3. The average molecular weight is 431 g/mol. The normalized spacial score (nSPS) is 11.1. The van der Waals surface area contributed by atoms with E-state index in [-0.39, 0.29) is 17.1 Å². The Morgan fingerprint density at radius 3 is 1.50 bits per heavy atom. The van der Waals surface area contributed by atoms with Crippen molar-refractivity contribution in [3.63, 3.8) is 0 Å². The van der Waals surface area contributed by atoms with Crippen molar-refractivity contribution in [1.29, 1.82) is 10.8 Å². The van der Waals surface area contributed by atoms with Gasteiger partial charge < -0.3 is 20.9 Å². The Kier molecular flexibility index (Phi) is 6.83. The van der Waals surface area contributed by atoms with Crippen molar-refractivity contribution in [2.24, 2.45) is 11.5 Å². The number of nitrogens with one attached hydrogen (secondary N) is 2. The fourth-order valence-electron chi connectivity index (χ4n) is 3.31. The lowest BCUT2D eigenvalue weighted by atomic mass is 9.85. The molecule has 3 aromatic carbocycles. The predicted molar refractivity (Wildman–Crippen MR) is 129 cm³/mol. The van der Waals surface area contributed by atoms with E-state index in [1.807, 2.05) is 42.5 Å². The summed E-state index contributed by atoms with van der Waals surface area (Å²) in [4.78, 5) is 0. The summed E-state index contributed by atoms with van der Waals surface area (Å²) in [5.41, 5.74) is 15.6. The van der Waals surface area contributed by atoms with Crippen molar-refractivity contribution in [2.75, 3.05) is 0 Å². The molecule has 0 atom stereocenters. The van der Waals surface area contributed by atoms with Crippen LogP contribution in [0.4, 0.5) is 0 Å². The third-order valence-corrected chi connectivity index (χ3v) is 5.06. The van der Waals surface area contributed by atoms with E-state index in [2.05, 4.69) is 32.9 Å². The van der Waals surface area contributed by atoms with Crippen molar-refractivity contribution in [2.45, 2.75) is 39.4 Å². The van der Waals surface area contributed by atoms with Crippen LogP contribution in [0.2, 0.25) is 0 Å². The summed E-state index contributed by atoms with van der Waals surface area (Å²) in [7, 11) is 0. The highest BCUT2D eigenvalue weighted by Gasteiger charge is 2.17. The van der Waals surface area contributed by atoms with Gasteiger partial charge in [-0.2, -0.15) is 0 Å². The standard InChI is InChI=1S/C26H30N4O2/c1-26(2,3)19-13-17(15-31-22-10-6-4-8-20(22)24(27)28)12-18(14-19)16-32-23-11-7-5-9-21(23)25(29)30/h4-14H,15-16H2,1-3H3,(H3,27,28)(H3,29,30). The van der Waals surface area contributed by atoms with Gasteiger partial charge in [-0.15, -0.1) is 0 Å². The molecule has 0 saturated heterocycles. The van der Waals surface area contributed by atoms with Crippen LogP contribution >= 0.6 is 0 Å². The Morgan fingerprint density at radius 1 is 0.719 bits per heavy atom. The summed E-state index contributed by atoms with van der Waals surface area (Å²) in [6.07, 6.45) is 0. The van der Waals surface area contributed by atoms with Crippen molar-refractivity contribution in [1.82, 2.24) is 0 Å². The zero-order chi connectivity index (χ0) is 23.3. The quantitative estimate of drug-likeness (QED) is 0.306. The maximum absolute atomic E-state index is 7.75. The number of para-hydroxylation sites is 2. The number of nitrogen functional groups attached to an aromatic ring is 2. The molecular formula is C26H30N4O2. The third kappa shape index (κ3) is 5.66. The Morgan fingerprint density at radius 2 is 1.12 bits per heavy atom. The van der Waals surface area contributed by atoms with Crippen molar-refractivity contribution in [3.05, 3.63) is 94.5 Å². The van der Waals surface area contributed by atoms with E-state index in [1.165, 1.54) is 0 Å². The molecule has 0 bridgehead atoms. The summed E-state index contributed by atoms with van der Waals surface area (Å²) in [6.45, 7) is 7.16. The molecule has 0 heterocycles. The molecule has 0 aromatic heterocycles. The van der Waals surface area contributed by atoms with Gasteiger partial charge in [-0.25, -0.2) is 0 Å². The van der Waals surface area contributed by atoms with Crippen LogP contribution in [-0.2, 0) is 18.6 Å². The van der Waals surface area contributed by atoms with Gasteiger partial charge in [0.2, 0.25) is 0 Å². The minimum absolute atomic E-state index is 0.0257. The number of rotatable bonds is 8. The van der Waals surface area contributed by atoms with Crippen LogP contribution in [0, 0.1) is 10.8 Å². The predicted octanol–water partition coefficient (Wildman–Crippen LogP) is 4.71. The average Bonchev–Trinajstić information content (AvgIpc) is 2.75. The van der Waals surface area contributed by atoms with E-state index in [9.17, 15) is 0 Å². The molecule has 0 radical (unpaired) electrons. The summed E-state index contributed by atoms with van der Waals surface area (Å²) in [5.74, 6) is 1.10. The topological polar surface area (TPSA) is 118 Å². The highest BCUT2D eigenvalue weighted by molar-refractivity contribution is 5.98. The molecule has 3 rings (SSSR count). The molecule has 0 unspecified atom stereocenters. The maximum Gasteiger partial charge on any atom is 0.130 e. The molecule has 166 valence electrons. The van der Waals surface area contributed by atoms with Gasteiger partial charge in [0.15, 0.2) is 0 Å². The fourth-order valence-corrected chi connectivity index (χ4v) is 3.31. The van der Waals surface area contributed by atoms with Gasteiger partial charge >= 0.3 is 0 Å². The Balaban J connectivity index is 1.85. The molecule has 0 aliphatic heterocycles. The van der Waals surface area contributed by atoms with Crippen LogP contribution in [0.3, 0.4) is 0 Å². The van der Waals surface area contributed by atoms with Crippen LogP contribution < -0.4 is 20.9 Å². The number of hydrogen-bond acceptors (Lipinski definition) is 4. The fraction of sp³-hybridized carbons (Fsp3) is 0.231. The van der Waals surface area contributed by atoms with Crippen LogP contribution in [0.15, 0.2) is 66.7 Å². The van der Waals surface area contributed by atoms with Gasteiger partial charge in [0, 0.05) is 0 Å². The minimum Gasteiger partial charge on any atom is -0.488 e. The van der Waals surface area contributed by atoms with Gasteiger partial charge in [0.05, 0.1) is 11.1 Å². The largest absolute Gasteiger partial charge is 0.488 e. The van der Waals surface area contributed by atoms with Gasteiger partial charge in [-0.05, 0) is 52.4 Å². The van der Waals surface area contributed by atoms with E-state index in [0.717, 1.165) is 16.7 Å². The Bertz CT molecular complexity index is 1050. The van der Waals surface area contributed by atoms with Crippen molar-refractivity contribution < 1.29 is 9.47 Å². The van der Waals surface area contributed by atoms with Crippen LogP contribution in [-0.4, -0.2) is 11.7 Å². The zero-order valence-electron chi connectivity index (χ0n) is 18.7. The first-order valence-electron chi connectivity index (χ1n) is 10.4. The zero-order valence-corrected chi connectivity index (χ0v) is 18.7.